The van der Waals surface area contributed by atoms with Crippen LogP contribution in [-0.4, -0.2) is 52.5 Å². The molecule has 1 heterocycles. The highest BCUT2D eigenvalue weighted by molar-refractivity contribution is 14.0. The lowest BCUT2D eigenvalue weighted by atomic mass is 9.72. The Morgan fingerprint density at radius 2 is 1.96 bits per heavy atom. The first kappa shape index (κ1) is 23.4. The largest absolute Gasteiger partial charge is 0.381 e. The lowest BCUT2D eigenvalue weighted by Crippen LogP contribution is -2.48. The van der Waals surface area contributed by atoms with Crippen molar-refractivity contribution in [2.24, 2.45) is 10.9 Å². The van der Waals surface area contributed by atoms with Crippen molar-refractivity contribution in [2.45, 2.75) is 44.4 Å². The molecular formula is C22H36IN3O2. The fourth-order valence-electron chi connectivity index (χ4n) is 3.86. The summed E-state index contributed by atoms with van der Waals surface area (Å²) in [6.45, 7) is 7.37. The molecule has 3 rings (SSSR count). The minimum Gasteiger partial charge on any atom is -0.381 e. The Morgan fingerprint density at radius 1 is 1.21 bits per heavy atom. The first-order valence-electron chi connectivity index (χ1n) is 10.4. The number of hydrogen-bond donors (Lipinski definition) is 2. The van der Waals surface area contributed by atoms with Gasteiger partial charge in [-0.1, -0.05) is 24.3 Å². The van der Waals surface area contributed by atoms with Crippen molar-refractivity contribution in [3.63, 3.8) is 0 Å². The number of ether oxygens (including phenoxy) is 2. The molecule has 6 heteroatoms. The molecule has 5 nitrogen and oxygen atoms in total. The van der Waals surface area contributed by atoms with Crippen molar-refractivity contribution in [1.82, 2.24) is 10.6 Å². The summed E-state index contributed by atoms with van der Waals surface area (Å²) >= 11 is 0. The van der Waals surface area contributed by atoms with E-state index < -0.39 is 0 Å². The number of aryl methyl sites for hydroxylation is 1. The Bertz CT molecular complexity index is 614. The van der Waals surface area contributed by atoms with Crippen molar-refractivity contribution in [3.8, 4) is 0 Å². The summed E-state index contributed by atoms with van der Waals surface area (Å²) in [4.78, 5) is 4.40. The van der Waals surface area contributed by atoms with Gasteiger partial charge in [-0.25, -0.2) is 0 Å². The van der Waals surface area contributed by atoms with E-state index in [9.17, 15) is 0 Å². The molecule has 0 radical (unpaired) electrons. The van der Waals surface area contributed by atoms with E-state index in [4.69, 9.17) is 9.47 Å². The maximum Gasteiger partial charge on any atom is 0.191 e. The lowest BCUT2D eigenvalue weighted by molar-refractivity contribution is 0.0511. The van der Waals surface area contributed by atoms with Crippen LogP contribution in [0.2, 0.25) is 0 Å². The SMILES string of the molecule is CN=C(NCCCOCC1CC1)NCC1(c2ccccc2C)CCOCC1.I. The van der Waals surface area contributed by atoms with Gasteiger partial charge in [-0.05, 0) is 56.1 Å². The van der Waals surface area contributed by atoms with Gasteiger partial charge < -0.3 is 20.1 Å². The van der Waals surface area contributed by atoms with Crippen molar-refractivity contribution in [3.05, 3.63) is 35.4 Å². The van der Waals surface area contributed by atoms with Gasteiger partial charge in [0, 0.05) is 52.0 Å². The molecular weight excluding hydrogens is 465 g/mol. The minimum absolute atomic E-state index is 0. The number of nitrogens with zero attached hydrogens (tertiary/aromatic N) is 1. The van der Waals surface area contributed by atoms with E-state index in [0.29, 0.717) is 0 Å². The highest BCUT2D eigenvalue weighted by atomic mass is 127. The van der Waals surface area contributed by atoms with Crippen LogP contribution in [0.1, 0.15) is 43.2 Å². The highest BCUT2D eigenvalue weighted by Crippen LogP contribution is 2.36. The van der Waals surface area contributed by atoms with Gasteiger partial charge in [-0.15, -0.1) is 24.0 Å². The molecule has 0 aromatic heterocycles. The molecule has 0 bridgehead atoms. The second-order valence-electron chi connectivity index (χ2n) is 7.93. The molecule has 0 amide bonds. The number of hydrogen-bond acceptors (Lipinski definition) is 3. The quantitative estimate of drug-likeness (QED) is 0.235. The van der Waals surface area contributed by atoms with Crippen LogP contribution in [0.25, 0.3) is 0 Å². The van der Waals surface area contributed by atoms with Crippen LogP contribution in [-0.2, 0) is 14.9 Å². The summed E-state index contributed by atoms with van der Waals surface area (Å²) in [5.74, 6) is 1.71. The number of guanidine groups is 1. The third-order valence-electron chi connectivity index (χ3n) is 5.79. The lowest BCUT2D eigenvalue weighted by Gasteiger charge is -2.39. The molecule has 158 valence electrons. The van der Waals surface area contributed by atoms with Crippen molar-refractivity contribution >= 4 is 29.9 Å². The van der Waals surface area contributed by atoms with Crippen LogP contribution in [0.3, 0.4) is 0 Å². The predicted molar refractivity (Wildman–Crippen MR) is 126 cm³/mol. The zero-order valence-corrected chi connectivity index (χ0v) is 19.7. The summed E-state index contributed by atoms with van der Waals surface area (Å²) in [7, 11) is 1.84. The van der Waals surface area contributed by atoms with Gasteiger partial charge in [0.1, 0.15) is 0 Å². The van der Waals surface area contributed by atoms with Crippen molar-refractivity contribution < 1.29 is 9.47 Å². The summed E-state index contributed by atoms with van der Waals surface area (Å²) in [5, 5.41) is 6.99. The van der Waals surface area contributed by atoms with Gasteiger partial charge in [0.15, 0.2) is 5.96 Å². The molecule has 2 N–H and O–H groups in total. The molecule has 0 unspecified atom stereocenters. The van der Waals surface area contributed by atoms with Gasteiger partial charge in [-0.3, -0.25) is 4.99 Å². The third kappa shape index (κ3) is 6.88. The minimum atomic E-state index is 0. The van der Waals surface area contributed by atoms with Crippen LogP contribution < -0.4 is 10.6 Å². The summed E-state index contributed by atoms with van der Waals surface area (Å²) in [5.41, 5.74) is 2.90. The molecule has 1 aromatic carbocycles. The Labute approximate surface area is 187 Å². The molecule has 2 fully saturated rings. The molecule has 1 aromatic rings. The smallest absolute Gasteiger partial charge is 0.191 e. The zero-order valence-electron chi connectivity index (χ0n) is 17.3. The molecule has 28 heavy (non-hydrogen) atoms. The monoisotopic (exact) mass is 501 g/mol. The van der Waals surface area contributed by atoms with Gasteiger partial charge >= 0.3 is 0 Å². The molecule has 1 saturated carbocycles. The Morgan fingerprint density at radius 3 is 2.64 bits per heavy atom. The van der Waals surface area contributed by atoms with Gasteiger partial charge in [0.05, 0.1) is 0 Å². The second kappa shape index (κ2) is 12.0. The van der Waals surface area contributed by atoms with E-state index in [1.165, 1.54) is 24.0 Å². The maximum absolute atomic E-state index is 5.70. The average molecular weight is 501 g/mol. The number of aliphatic imine (C=N–C) groups is 1. The van der Waals surface area contributed by atoms with E-state index in [1.807, 2.05) is 7.05 Å². The van der Waals surface area contributed by atoms with E-state index in [1.54, 1.807) is 0 Å². The summed E-state index contributed by atoms with van der Waals surface area (Å²) in [6.07, 6.45) is 5.78. The molecule has 0 atom stereocenters. The zero-order chi connectivity index (χ0) is 19.0. The number of rotatable bonds is 9. The Kier molecular flexibility index (Phi) is 10.0. The molecule has 2 aliphatic rings. The van der Waals surface area contributed by atoms with E-state index in [-0.39, 0.29) is 29.4 Å². The summed E-state index contributed by atoms with van der Waals surface area (Å²) < 4.78 is 11.4. The second-order valence-corrected chi connectivity index (χ2v) is 7.93. The Balaban J connectivity index is 0.00000280. The average Bonchev–Trinajstić information content (AvgIpc) is 3.52. The van der Waals surface area contributed by atoms with Crippen molar-refractivity contribution in [1.29, 1.82) is 0 Å². The predicted octanol–water partition coefficient (Wildman–Crippen LogP) is 3.64. The number of benzene rings is 1. The van der Waals surface area contributed by atoms with Gasteiger partial charge in [0.2, 0.25) is 0 Å². The van der Waals surface area contributed by atoms with E-state index in [2.05, 4.69) is 46.8 Å². The Hall–Kier alpha value is -0.860. The first-order valence-corrected chi connectivity index (χ1v) is 10.4. The van der Waals surface area contributed by atoms with Crippen LogP contribution in [0.4, 0.5) is 0 Å². The molecule has 1 saturated heterocycles. The highest BCUT2D eigenvalue weighted by Gasteiger charge is 2.35. The number of halogens is 1. The van der Waals surface area contributed by atoms with Crippen LogP contribution in [0.5, 0.6) is 0 Å². The van der Waals surface area contributed by atoms with E-state index >= 15 is 0 Å². The standard InChI is InChI=1S/C22H35N3O2.HI/c1-18-6-3-4-7-20(18)22(10-14-26-15-11-22)17-25-21(23-2)24-12-5-13-27-16-19-8-9-19;/h3-4,6-7,19H,5,8-17H2,1-2H3,(H2,23,24,25);1H. The maximum atomic E-state index is 5.70. The third-order valence-corrected chi connectivity index (χ3v) is 5.79. The topological polar surface area (TPSA) is 54.9 Å². The molecule has 0 spiro atoms. The fourth-order valence-corrected chi connectivity index (χ4v) is 3.86. The van der Waals surface area contributed by atoms with Crippen LogP contribution >= 0.6 is 24.0 Å². The molecule has 1 aliphatic heterocycles. The fraction of sp³-hybridized carbons (Fsp3) is 0.682. The van der Waals surface area contributed by atoms with E-state index in [0.717, 1.165) is 70.7 Å². The number of nitrogens with one attached hydrogen (secondary N) is 2. The first-order chi connectivity index (χ1) is 13.2. The molecule has 1 aliphatic carbocycles. The van der Waals surface area contributed by atoms with Crippen LogP contribution in [0.15, 0.2) is 29.3 Å². The normalized spacial score (nSPS) is 19.0. The van der Waals surface area contributed by atoms with Gasteiger partial charge in [-0.2, -0.15) is 0 Å². The van der Waals surface area contributed by atoms with Crippen LogP contribution in [0, 0.1) is 12.8 Å². The van der Waals surface area contributed by atoms with Crippen molar-refractivity contribution in [2.75, 3.05) is 46.6 Å². The van der Waals surface area contributed by atoms with Gasteiger partial charge in [0.25, 0.3) is 0 Å². The summed E-state index contributed by atoms with van der Waals surface area (Å²) in [6, 6.07) is 8.75.